The van der Waals surface area contributed by atoms with Crippen molar-refractivity contribution in [2.45, 2.75) is 25.4 Å². The summed E-state index contributed by atoms with van der Waals surface area (Å²) >= 11 is 1.43. The Kier molecular flexibility index (Phi) is 4.31. The maximum atomic E-state index is 12.2. The van der Waals surface area contributed by atoms with Gasteiger partial charge in [0.1, 0.15) is 11.1 Å². The molecule has 3 rings (SSSR count). The Bertz CT molecular complexity index is 649. The molecule has 22 heavy (non-hydrogen) atoms. The first-order chi connectivity index (χ1) is 10.7. The molecule has 0 bridgehead atoms. The molecule has 0 fully saturated rings. The number of carbonyl (C=O) groups excluding carboxylic acids is 2. The molecule has 1 unspecified atom stereocenters. The first kappa shape index (κ1) is 14.9. The highest BCUT2D eigenvalue weighted by Gasteiger charge is 2.34. The summed E-state index contributed by atoms with van der Waals surface area (Å²) in [5.41, 5.74) is 0.964. The van der Waals surface area contributed by atoms with E-state index in [1.807, 2.05) is 5.38 Å². The van der Waals surface area contributed by atoms with Crippen molar-refractivity contribution in [3.05, 3.63) is 52.0 Å². The van der Waals surface area contributed by atoms with Gasteiger partial charge in [-0.3, -0.25) is 14.5 Å². The van der Waals surface area contributed by atoms with Crippen molar-refractivity contribution >= 4 is 23.2 Å². The predicted octanol–water partition coefficient (Wildman–Crippen LogP) is 2.64. The van der Waals surface area contributed by atoms with Crippen LogP contribution < -0.4 is 0 Å². The third-order valence-corrected chi connectivity index (χ3v) is 4.60. The van der Waals surface area contributed by atoms with E-state index < -0.39 is 6.10 Å². The average molecular weight is 316 g/mol. The number of thiazole rings is 1. The fourth-order valence-electron chi connectivity index (χ4n) is 2.57. The number of amides is 2. The van der Waals surface area contributed by atoms with Gasteiger partial charge in [0.05, 0.1) is 11.1 Å². The molecule has 0 saturated heterocycles. The highest BCUT2D eigenvalue weighted by atomic mass is 32.1. The molecule has 6 heteroatoms. The smallest absolute Gasteiger partial charge is 0.261 e. The lowest BCUT2D eigenvalue weighted by molar-refractivity contribution is 0.0649. The number of hydrogen-bond acceptors (Lipinski definition) is 5. The van der Waals surface area contributed by atoms with Crippen LogP contribution in [0.3, 0.4) is 0 Å². The van der Waals surface area contributed by atoms with Crippen LogP contribution >= 0.6 is 11.3 Å². The Morgan fingerprint density at radius 1 is 1.14 bits per heavy atom. The molecule has 1 aromatic carbocycles. The minimum Gasteiger partial charge on any atom is -0.386 e. The zero-order valence-electron chi connectivity index (χ0n) is 11.9. The van der Waals surface area contributed by atoms with E-state index in [2.05, 4.69) is 4.98 Å². The zero-order valence-corrected chi connectivity index (χ0v) is 12.8. The molecule has 5 nitrogen and oxygen atoms in total. The quantitative estimate of drug-likeness (QED) is 0.657. The number of aliphatic hydroxyl groups excluding tert-OH is 1. The van der Waals surface area contributed by atoms with Crippen molar-refractivity contribution < 1.29 is 14.7 Å². The SMILES string of the molecule is O=C1c2ccccc2C(=O)N1CCCCC(O)c1nccs1. The Hall–Kier alpha value is -2.05. The summed E-state index contributed by atoms with van der Waals surface area (Å²) in [4.78, 5) is 29.7. The van der Waals surface area contributed by atoms with Crippen LogP contribution in [0.1, 0.15) is 51.1 Å². The second-order valence-corrected chi connectivity index (χ2v) is 6.12. The van der Waals surface area contributed by atoms with Gasteiger partial charge in [0.25, 0.3) is 11.8 Å². The number of benzene rings is 1. The summed E-state index contributed by atoms with van der Waals surface area (Å²) in [6.45, 7) is 0.386. The number of carbonyl (C=O) groups is 2. The molecule has 0 spiro atoms. The molecule has 2 amide bonds. The van der Waals surface area contributed by atoms with Crippen LogP contribution in [-0.4, -0.2) is 33.3 Å². The highest BCUT2D eigenvalue weighted by molar-refractivity contribution is 7.09. The molecule has 2 aromatic rings. The van der Waals surface area contributed by atoms with E-state index in [9.17, 15) is 14.7 Å². The van der Waals surface area contributed by atoms with Gasteiger partial charge in [0.2, 0.25) is 0 Å². The molecule has 114 valence electrons. The normalized spacial score (nSPS) is 15.2. The summed E-state index contributed by atoms with van der Waals surface area (Å²) in [7, 11) is 0. The lowest BCUT2D eigenvalue weighted by Crippen LogP contribution is -2.30. The molecule has 0 saturated carbocycles. The number of aromatic nitrogens is 1. The summed E-state index contributed by atoms with van der Waals surface area (Å²) in [5.74, 6) is -0.442. The van der Waals surface area contributed by atoms with E-state index in [1.165, 1.54) is 16.2 Å². The van der Waals surface area contributed by atoms with Crippen LogP contribution in [-0.2, 0) is 0 Å². The van der Waals surface area contributed by atoms with E-state index >= 15 is 0 Å². The molecule has 0 aliphatic carbocycles. The van der Waals surface area contributed by atoms with E-state index in [4.69, 9.17) is 0 Å². The Morgan fingerprint density at radius 2 is 1.82 bits per heavy atom. The van der Waals surface area contributed by atoms with Crippen molar-refractivity contribution in [2.24, 2.45) is 0 Å². The third kappa shape index (κ3) is 2.80. The minimum atomic E-state index is -0.567. The Labute approximate surface area is 132 Å². The first-order valence-electron chi connectivity index (χ1n) is 7.21. The van der Waals surface area contributed by atoms with Gasteiger partial charge in [-0.05, 0) is 31.4 Å². The van der Waals surface area contributed by atoms with Crippen LogP contribution in [0, 0.1) is 0 Å². The number of nitrogens with zero attached hydrogens (tertiary/aromatic N) is 2. The summed E-state index contributed by atoms with van der Waals surface area (Å²) in [6.07, 6.45) is 3.09. The number of rotatable bonds is 6. The minimum absolute atomic E-state index is 0.221. The van der Waals surface area contributed by atoms with Crippen LogP contribution in [0.2, 0.25) is 0 Å². The van der Waals surface area contributed by atoms with E-state index in [1.54, 1.807) is 30.5 Å². The van der Waals surface area contributed by atoms with Crippen molar-refractivity contribution in [3.63, 3.8) is 0 Å². The molecule has 1 aromatic heterocycles. The topological polar surface area (TPSA) is 70.5 Å². The van der Waals surface area contributed by atoms with Crippen LogP contribution in [0.15, 0.2) is 35.8 Å². The number of unbranched alkanes of at least 4 members (excludes halogenated alkanes) is 1. The van der Waals surface area contributed by atoms with Gasteiger partial charge in [-0.2, -0.15) is 0 Å². The lowest BCUT2D eigenvalue weighted by Gasteiger charge is -2.14. The molecule has 2 heterocycles. The number of imide groups is 1. The average Bonchev–Trinajstić information content (AvgIpc) is 3.14. The van der Waals surface area contributed by atoms with Gasteiger partial charge < -0.3 is 5.11 Å². The summed E-state index contributed by atoms with van der Waals surface area (Å²) in [6, 6.07) is 6.89. The van der Waals surface area contributed by atoms with Crippen molar-refractivity contribution in [1.82, 2.24) is 9.88 Å². The van der Waals surface area contributed by atoms with Crippen molar-refractivity contribution in [2.75, 3.05) is 6.54 Å². The maximum Gasteiger partial charge on any atom is 0.261 e. The summed E-state index contributed by atoms with van der Waals surface area (Å²) in [5, 5.41) is 12.5. The van der Waals surface area contributed by atoms with Gasteiger partial charge in [0.15, 0.2) is 0 Å². The number of aliphatic hydroxyl groups is 1. The Balaban J connectivity index is 1.51. The molecule has 1 aliphatic rings. The number of hydrogen-bond donors (Lipinski definition) is 1. The fourth-order valence-corrected chi connectivity index (χ4v) is 3.23. The van der Waals surface area contributed by atoms with Gasteiger partial charge in [0, 0.05) is 18.1 Å². The van der Waals surface area contributed by atoms with Crippen LogP contribution in [0.4, 0.5) is 0 Å². The van der Waals surface area contributed by atoms with Crippen molar-refractivity contribution in [3.8, 4) is 0 Å². The van der Waals surface area contributed by atoms with Gasteiger partial charge in [-0.15, -0.1) is 11.3 Å². The maximum absolute atomic E-state index is 12.2. The third-order valence-electron chi connectivity index (χ3n) is 3.72. The monoisotopic (exact) mass is 316 g/mol. The summed E-state index contributed by atoms with van der Waals surface area (Å²) < 4.78 is 0. The lowest BCUT2D eigenvalue weighted by atomic mass is 10.1. The second kappa shape index (κ2) is 6.37. The number of fused-ring (bicyclic) bond motifs is 1. The van der Waals surface area contributed by atoms with E-state index in [0.717, 1.165) is 6.42 Å². The second-order valence-electron chi connectivity index (χ2n) is 5.19. The zero-order chi connectivity index (χ0) is 15.5. The fraction of sp³-hybridized carbons (Fsp3) is 0.312. The van der Waals surface area contributed by atoms with Crippen LogP contribution in [0.5, 0.6) is 0 Å². The van der Waals surface area contributed by atoms with E-state index in [-0.39, 0.29) is 11.8 Å². The standard InChI is InChI=1S/C16H16N2O3S/c19-13(14-17-8-10-22-14)7-3-4-9-18-15(20)11-5-1-2-6-12(11)16(18)21/h1-2,5-6,8,10,13,19H,3-4,7,9H2. The molecule has 1 atom stereocenters. The molecule has 1 aliphatic heterocycles. The van der Waals surface area contributed by atoms with Gasteiger partial charge in [-0.25, -0.2) is 4.98 Å². The molecular weight excluding hydrogens is 300 g/mol. The highest BCUT2D eigenvalue weighted by Crippen LogP contribution is 2.24. The van der Waals surface area contributed by atoms with E-state index in [0.29, 0.717) is 35.5 Å². The Morgan fingerprint density at radius 3 is 2.41 bits per heavy atom. The molecular formula is C16H16N2O3S. The van der Waals surface area contributed by atoms with Gasteiger partial charge in [-0.1, -0.05) is 12.1 Å². The first-order valence-corrected chi connectivity index (χ1v) is 8.09. The predicted molar refractivity (Wildman–Crippen MR) is 82.7 cm³/mol. The largest absolute Gasteiger partial charge is 0.386 e. The van der Waals surface area contributed by atoms with Gasteiger partial charge >= 0.3 is 0 Å². The molecule has 1 N–H and O–H groups in total. The van der Waals surface area contributed by atoms with Crippen LogP contribution in [0.25, 0.3) is 0 Å². The molecule has 0 radical (unpaired) electrons. The van der Waals surface area contributed by atoms with Crippen molar-refractivity contribution in [1.29, 1.82) is 0 Å².